The van der Waals surface area contributed by atoms with Gasteiger partial charge in [-0.15, -0.1) is 11.8 Å². The summed E-state index contributed by atoms with van der Waals surface area (Å²) in [5.74, 6) is -0.555. The minimum absolute atomic E-state index is 0.0858. The topological polar surface area (TPSA) is 57.6 Å². The van der Waals surface area contributed by atoms with Crippen molar-refractivity contribution in [1.82, 2.24) is 4.90 Å². The molecule has 1 heterocycles. The van der Waals surface area contributed by atoms with Crippen LogP contribution in [-0.2, 0) is 9.59 Å². The van der Waals surface area contributed by atoms with Crippen LogP contribution in [0, 0.1) is 0 Å². The Bertz CT molecular complexity index is 475. The average Bonchev–Trinajstić information content (AvgIpc) is 2.78. The highest BCUT2D eigenvalue weighted by Gasteiger charge is 2.32. The van der Waals surface area contributed by atoms with E-state index in [-0.39, 0.29) is 18.4 Å². The molecular formula is C13H15NO3S. The predicted molar refractivity (Wildman–Crippen MR) is 69.8 cm³/mol. The summed E-state index contributed by atoms with van der Waals surface area (Å²) in [6.07, 6.45) is 0. The van der Waals surface area contributed by atoms with Crippen LogP contribution in [0.25, 0.3) is 0 Å². The number of likely N-dealkylation sites (N-methyl/N-ethyl adjacent to an activating group) is 1. The van der Waals surface area contributed by atoms with Gasteiger partial charge in [0.2, 0.25) is 5.91 Å². The van der Waals surface area contributed by atoms with Crippen molar-refractivity contribution in [3.63, 3.8) is 0 Å². The van der Waals surface area contributed by atoms with E-state index in [1.165, 1.54) is 4.90 Å². The van der Waals surface area contributed by atoms with Gasteiger partial charge in [0.15, 0.2) is 0 Å². The highest BCUT2D eigenvalue weighted by Crippen LogP contribution is 2.40. The first-order valence-corrected chi connectivity index (χ1v) is 6.84. The van der Waals surface area contributed by atoms with E-state index in [1.807, 2.05) is 24.3 Å². The van der Waals surface area contributed by atoms with Gasteiger partial charge in [0, 0.05) is 17.2 Å². The molecule has 0 unspecified atom stereocenters. The summed E-state index contributed by atoms with van der Waals surface area (Å²) in [4.78, 5) is 25.6. The molecule has 0 fully saturated rings. The number of carboxylic acid groups (broad SMARTS) is 1. The van der Waals surface area contributed by atoms with E-state index in [9.17, 15) is 9.59 Å². The van der Waals surface area contributed by atoms with Crippen LogP contribution in [0.1, 0.15) is 18.4 Å². The number of amides is 1. The monoisotopic (exact) mass is 265 g/mol. The Morgan fingerprint density at radius 1 is 1.44 bits per heavy atom. The fourth-order valence-corrected chi connectivity index (χ4v) is 3.32. The molecule has 2 rings (SSSR count). The van der Waals surface area contributed by atoms with Crippen LogP contribution >= 0.6 is 11.8 Å². The number of aliphatic carboxylic acids is 1. The Kier molecular flexibility index (Phi) is 3.91. The molecule has 0 aliphatic carbocycles. The van der Waals surface area contributed by atoms with E-state index in [4.69, 9.17) is 5.11 Å². The van der Waals surface area contributed by atoms with Crippen LogP contribution < -0.4 is 0 Å². The lowest BCUT2D eigenvalue weighted by Gasteiger charge is -2.22. The summed E-state index contributed by atoms with van der Waals surface area (Å²) in [7, 11) is 0. The van der Waals surface area contributed by atoms with Gasteiger partial charge in [-0.3, -0.25) is 9.59 Å². The van der Waals surface area contributed by atoms with Gasteiger partial charge in [0.05, 0.1) is 5.92 Å². The Morgan fingerprint density at radius 2 is 2.17 bits per heavy atom. The van der Waals surface area contributed by atoms with Gasteiger partial charge in [0.1, 0.15) is 6.54 Å². The first-order valence-electron chi connectivity index (χ1n) is 5.85. The largest absolute Gasteiger partial charge is 0.480 e. The minimum Gasteiger partial charge on any atom is -0.480 e. The number of rotatable bonds is 4. The van der Waals surface area contributed by atoms with Gasteiger partial charge in [-0.25, -0.2) is 0 Å². The summed E-state index contributed by atoms with van der Waals surface area (Å²) in [5.41, 5.74) is 1.02. The highest BCUT2D eigenvalue weighted by atomic mass is 32.2. The molecule has 1 atom stereocenters. The van der Waals surface area contributed by atoms with Crippen LogP contribution in [0.3, 0.4) is 0 Å². The van der Waals surface area contributed by atoms with Crippen LogP contribution in [0.2, 0.25) is 0 Å². The zero-order valence-corrected chi connectivity index (χ0v) is 10.9. The smallest absolute Gasteiger partial charge is 0.323 e. The molecule has 0 aromatic heterocycles. The number of hydrogen-bond donors (Lipinski definition) is 1. The second-order valence-corrected chi connectivity index (χ2v) is 5.21. The Labute approximate surface area is 110 Å². The fourth-order valence-electron chi connectivity index (χ4n) is 2.10. The third-order valence-corrected chi connectivity index (χ3v) is 4.20. The predicted octanol–water partition coefficient (Wildman–Crippen LogP) is 1.81. The molecular weight excluding hydrogens is 250 g/mol. The van der Waals surface area contributed by atoms with Gasteiger partial charge < -0.3 is 10.0 Å². The highest BCUT2D eigenvalue weighted by molar-refractivity contribution is 7.99. The fraction of sp³-hybridized carbons (Fsp3) is 0.385. The second kappa shape index (κ2) is 5.44. The van der Waals surface area contributed by atoms with Gasteiger partial charge >= 0.3 is 5.97 Å². The van der Waals surface area contributed by atoms with Crippen molar-refractivity contribution in [3.05, 3.63) is 29.8 Å². The van der Waals surface area contributed by atoms with E-state index in [0.717, 1.165) is 10.5 Å². The number of nitrogens with zero attached hydrogens (tertiary/aromatic N) is 1. The zero-order chi connectivity index (χ0) is 13.1. The molecule has 0 spiro atoms. The Hall–Kier alpha value is -1.49. The number of carboxylic acids is 1. The number of hydrogen-bond acceptors (Lipinski definition) is 3. The average molecular weight is 265 g/mol. The van der Waals surface area contributed by atoms with Crippen molar-refractivity contribution in [3.8, 4) is 0 Å². The summed E-state index contributed by atoms with van der Waals surface area (Å²) >= 11 is 1.66. The van der Waals surface area contributed by atoms with Gasteiger partial charge in [-0.2, -0.15) is 0 Å². The first-order chi connectivity index (χ1) is 8.63. The van der Waals surface area contributed by atoms with Crippen LogP contribution in [0.15, 0.2) is 29.2 Å². The standard InChI is InChI=1S/C13H15NO3S/c1-2-14(7-12(15)16)13(17)10-8-18-11-6-4-3-5-9(10)11/h3-6,10H,2,7-8H2,1H3,(H,15,16)/t10-/m1/s1. The number of carbonyl (C=O) groups excluding carboxylic acids is 1. The molecule has 0 bridgehead atoms. The van der Waals surface area contributed by atoms with Gasteiger partial charge in [0.25, 0.3) is 0 Å². The van der Waals surface area contributed by atoms with Crippen molar-refractivity contribution in [2.75, 3.05) is 18.8 Å². The lowest BCUT2D eigenvalue weighted by molar-refractivity contribution is -0.144. The zero-order valence-electron chi connectivity index (χ0n) is 10.1. The number of benzene rings is 1. The third kappa shape index (κ3) is 2.51. The van der Waals surface area contributed by atoms with Gasteiger partial charge in [-0.05, 0) is 18.6 Å². The molecule has 1 amide bonds. The van der Waals surface area contributed by atoms with E-state index in [0.29, 0.717) is 12.3 Å². The van der Waals surface area contributed by atoms with E-state index in [2.05, 4.69) is 0 Å². The second-order valence-electron chi connectivity index (χ2n) is 4.15. The minimum atomic E-state index is -0.968. The Morgan fingerprint density at radius 3 is 2.83 bits per heavy atom. The molecule has 4 nitrogen and oxygen atoms in total. The van der Waals surface area contributed by atoms with Crippen molar-refractivity contribution >= 4 is 23.6 Å². The molecule has 1 aliphatic heterocycles. The normalized spacial score (nSPS) is 17.3. The molecule has 1 N–H and O–H groups in total. The number of fused-ring (bicyclic) bond motifs is 1. The maximum atomic E-state index is 12.3. The van der Waals surface area contributed by atoms with E-state index in [1.54, 1.807) is 18.7 Å². The molecule has 18 heavy (non-hydrogen) atoms. The van der Waals surface area contributed by atoms with Crippen molar-refractivity contribution in [2.24, 2.45) is 0 Å². The SMILES string of the molecule is CCN(CC(=O)O)C(=O)[C@@H]1CSc2ccccc21. The molecule has 0 saturated carbocycles. The Balaban J connectivity index is 2.17. The maximum Gasteiger partial charge on any atom is 0.323 e. The van der Waals surface area contributed by atoms with E-state index < -0.39 is 5.97 Å². The van der Waals surface area contributed by atoms with Crippen LogP contribution in [0.4, 0.5) is 0 Å². The summed E-state index contributed by atoms with van der Waals surface area (Å²) < 4.78 is 0. The number of carbonyl (C=O) groups is 2. The quantitative estimate of drug-likeness (QED) is 0.902. The lowest BCUT2D eigenvalue weighted by atomic mass is 10.00. The lowest BCUT2D eigenvalue weighted by Crippen LogP contribution is -2.38. The van der Waals surface area contributed by atoms with Crippen molar-refractivity contribution in [2.45, 2.75) is 17.7 Å². The van der Waals surface area contributed by atoms with Crippen molar-refractivity contribution in [1.29, 1.82) is 0 Å². The van der Waals surface area contributed by atoms with Crippen molar-refractivity contribution < 1.29 is 14.7 Å². The molecule has 0 radical (unpaired) electrons. The molecule has 1 aromatic carbocycles. The first kappa shape index (κ1) is 13.0. The van der Waals surface area contributed by atoms with E-state index >= 15 is 0 Å². The summed E-state index contributed by atoms with van der Waals surface area (Å²) in [6, 6.07) is 7.82. The molecule has 1 aromatic rings. The van der Waals surface area contributed by atoms with Gasteiger partial charge in [-0.1, -0.05) is 18.2 Å². The van der Waals surface area contributed by atoms with Crippen LogP contribution in [0.5, 0.6) is 0 Å². The molecule has 1 aliphatic rings. The third-order valence-electron chi connectivity index (χ3n) is 3.02. The number of thioether (sulfide) groups is 1. The van der Waals surface area contributed by atoms with Crippen LogP contribution in [-0.4, -0.2) is 40.7 Å². The molecule has 5 heteroatoms. The summed E-state index contributed by atoms with van der Waals surface area (Å²) in [6.45, 7) is 2.00. The maximum absolute atomic E-state index is 12.3. The summed E-state index contributed by atoms with van der Waals surface area (Å²) in [5, 5.41) is 8.80. The molecule has 0 saturated heterocycles. The molecule has 96 valence electrons.